The highest BCUT2D eigenvalue weighted by molar-refractivity contribution is 7.91. The Morgan fingerprint density at radius 2 is 2.05 bits per heavy atom. The maximum absolute atomic E-state index is 12.0. The first kappa shape index (κ1) is 17.0. The molecule has 0 spiro atoms. The Balaban J connectivity index is 2.38. The van der Waals surface area contributed by atoms with E-state index in [-0.39, 0.29) is 34.8 Å². The number of carbonyl (C=O) groups is 1. The standard InChI is InChI=1S/C15H25N3O3S/c1-10(2)14(19)16-13-8-12(15(3,4)5)17-18(13)11-6-7-22(20,21)9-11/h8,10-11H,6-7,9H2,1-5H3,(H,16,19)/t11-/m1/s1. The normalized spacial score (nSPS) is 21.3. The van der Waals surface area contributed by atoms with Gasteiger partial charge < -0.3 is 5.32 Å². The van der Waals surface area contributed by atoms with Gasteiger partial charge in [-0.15, -0.1) is 0 Å². The molecule has 0 aromatic carbocycles. The molecule has 1 N–H and O–H groups in total. The van der Waals surface area contributed by atoms with Crippen LogP contribution in [0, 0.1) is 5.92 Å². The van der Waals surface area contributed by atoms with Crippen LogP contribution in [-0.2, 0) is 20.0 Å². The van der Waals surface area contributed by atoms with E-state index in [0.717, 1.165) is 5.69 Å². The van der Waals surface area contributed by atoms with Crippen molar-refractivity contribution in [3.05, 3.63) is 11.8 Å². The van der Waals surface area contributed by atoms with Gasteiger partial charge in [-0.25, -0.2) is 13.1 Å². The summed E-state index contributed by atoms with van der Waals surface area (Å²) in [5.74, 6) is 0.616. The highest BCUT2D eigenvalue weighted by Crippen LogP contribution is 2.31. The minimum atomic E-state index is -3.00. The minimum Gasteiger partial charge on any atom is -0.311 e. The van der Waals surface area contributed by atoms with Crippen LogP contribution in [0.25, 0.3) is 0 Å². The van der Waals surface area contributed by atoms with Crippen molar-refractivity contribution in [2.24, 2.45) is 5.92 Å². The summed E-state index contributed by atoms with van der Waals surface area (Å²) < 4.78 is 25.1. The van der Waals surface area contributed by atoms with Crippen molar-refractivity contribution in [2.75, 3.05) is 16.8 Å². The Hall–Kier alpha value is -1.37. The molecule has 0 bridgehead atoms. The molecule has 7 heteroatoms. The van der Waals surface area contributed by atoms with Crippen molar-refractivity contribution < 1.29 is 13.2 Å². The molecule has 1 atom stereocenters. The van der Waals surface area contributed by atoms with Crippen molar-refractivity contribution in [3.8, 4) is 0 Å². The third-order valence-electron chi connectivity index (χ3n) is 3.83. The van der Waals surface area contributed by atoms with Gasteiger partial charge in [0, 0.05) is 17.4 Å². The Morgan fingerprint density at radius 1 is 1.41 bits per heavy atom. The zero-order chi connectivity index (χ0) is 16.7. The minimum absolute atomic E-state index is 0.0861. The van der Waals surface area contributed by atoms with Crippen LogP contribution in [0.1, 0.15) is 52.8 Å². The van der Waals surface area contributed by atoms with Crippen LogP contribution in [0.2, 0.25) is 0 Å². The van der Waals surface area contributed by atoms with Gasteiger partial charge in [0.2, 0.25) is 5.91 Å². The average molecular weight is 327 g/mol. The largest absolute Gasteiger partial charge is 0.311 e. The summed E-state index contributed by atoms with van der Waals surface area (Å²) in [4.78, 5) is 12.0. The van der Waals surface area contributed by atoms with Gasteiger partial charge in [-0.05, 0) is 6.42 Å². The van der Waals surface area contributed by atoms with Gasteiger partial charge in [-0.2, -0.15) is 5.10 Å². The molecular weight excluding hydrogens is 302 g/mol. The molecule has 1 aliphatic heterocycles. The molecule has 1 aliphatic rings. The Morgan fingerprint density at radius 3 is 2.50 bits per heavy atom. The van der Waals surface area contributed by atoms with Gasteiger partial charge in [-0.1, -0.05) is 34.6 Å². The first-order valence-electron chi connectivity index (χ1n) is 7.61. The number of nitrogens with zero attached hydrogens (tertiary/aromatic N) is 2. The highest BCUT2D eigenvalue weighted by Gasteiger charge is 2.33. The summed E-state index contributed by atoms with van der Waals surface area (Å²) >= 11 is 0. The van der Waals surface area contributed by atoms with E-state index in [1.165, 1.54) is 0 Å². The van der Waals surface area contributed by atoms with Crippen LogP contribution in [0.4, 0.5) is 5.82 Å². The Labute approximate surface area is 132 Å². The second-order valence-corrected chi connectivity index (χ2v) is 9.54. The molecule has 124 valence electrons. The first-order valence-corrected chi connectivity index (χ1v) is 9.43. The number of amides is 1. The molecular formula is C15H25N3O3S. The van der Waals surface area contributed by atoms with E-state index in [2.05, 4.69) is 10.4 Å². The molecule has 2 heterocycles. The van der Waals surface area contributed by atoms with Crippen LogP contribution in [0.3, 0.4) is 0 Å². The maximum Gasteiger partial charge on any atom is 0.228 e. The van der Waals surface area contributed by atoms with E-state index < -0.39 is 9.84 Å². The second kappa shape index (κ2) is 5.68. The molecule has 0 unspecified atom stereocenters. The third-order valence-corrected chi connectivity index (χ3v) is 5.58. The zero-order valence-electron chi connectivity index (χ0n) is 13.9. The summed E-state index contributed by atoms with van der Waals surface area (Å²) in [5.41, 5.74) is 0.677. The SMILES string of the molecule is CC(C)C(=O)Nc1cc(C(C)(C)C)nn1[C@@H]1CCS(=O)(=O)C1. The van der Waals surface area contributed by atoms with Gasteiger partial charge in [0.15, 0.2) is 9.84 Å². The molecule has 22 heavy (non-hydrogen) atoms. The van der Waals surface area contributed by atoms with Crippen molar-refractivity contribution in [3.63, 3.8) is 0 Å². The molecule has 0 saturated carbocycles. The third kappa shape index (κ3) is 3.69. The molecule has 6 nitrogen and oxygen atoms in total. The second-order valence-electron chi connectivity index (χ2n) is 7.31. The number of rotatable bonds is 3. The molecule has 0 radical (unpaired) electrons. The molecule has 1 fully saturated rings. The van der Waals surface area contributed by atoms with Crippen LogP contribution in [0.15, 0.2) is 6.07 Å². The number of hydrogen-bond acceptors (Lipinski definition) is 4. The number of aromatic nitrogens is 2. The molecule has 1 amide bonds. The predicted molar refractivity (Wildman–Crippen MR) is 86.7 cm³/mol. The molecule has 1 aromatic rings. The lowest BCUT2D eigenvalue weighted by Crippen LogP contribution is -2.22. The van der Waals surface area contributed by atoms with Gasteiger partial charge in [0.05, 0.1) is 23.2 Å². The van der Waals surface area contributed by atoms with Crippen LogP contribution < -0.4 is 5.32 Å². The fourth-order valence-corrected chi connectivity index (χ4v) is 4.06. The van der Waals surface area contributed by atoms with E-state index >= 15 is 0 Å². The predicted octanol–water partition coefficient (Wildman–Crippen LogP) is 2.13. The Bertz CT molecular complexity index is 669. The van der Waals surface area contributed by atoms with Crippen molar-refractivity contribution in [1.29, 1.82) is 0 Å². The number of anilines is 1. The maximum atomic E-state index is 12.0. The zero-order valence-corrected chi connectivity index (χ0v) is 14.7. The highest BCUT2D eigenvalue weighted by atomic mass is 32.2. The summed E-state index contributed by atoms with van der Waals surface area (Å²) in [6.45, 7) is 9.76. The van der Waals surface area contributed by atoms with Crippen LogP contribution in [-0.4, -0.2) is 35.6 Å². The van der Waals surface area contributed by atoms with E-state index in [1.54, 1.807) is 4.68 Å². The monoisotopic (exact) mass is 327 g/mol. The van der Waals surface area contributed by atoms with Crippen molar-refractivity contribution >= 4 is 21.6 Å². The average Bonchev–Trinajstić information content (AvgIpc) is 2.91. The first-order chi connectivity index (χ1) is 9.99. The number of sulfone groups is 1. The van der Waals surface area contributed by atoms with Gasteiger partial charge >= 0.3 is 0 Å². The van der Waals surface area contributed by atoms with E-state index in [4.69, 9.17) is 0 Å². The van der Waals surface area contributed by atoms with Gasteiger partial charge in [0.25, 0.3) is 0 Å². The summed E-state index contributed by atoms with van der Waals surface area (Å²) in [7, 11) is -3.00. The summed E-state index contributed by atoms with van der Waals surface area (Å²) in [6, 6.07) is 1.65. The van der Waals surface area contributed by atoms with Gasteiger partial charge in [-0.3, -0.25) is 4.79 Å². The molecule has 1 aromatic heterocycles. The fraction of sp³-hybridized carbons (Fsp3) is 0.733. The lowest BCUT2D eigenvalue weighted by atomic mass is 9.92. The lowest BCUT2D eigenvalue weighted by molar-refractivity contribution is -0.118. The van der Waals surface area contributed by atoms with E-state index in [0.29, 0.717) is 12.2 Å². The topological polar surface area (TPSA) is 81.1 Å². The molecule has 0 aliphatic carbocycles. The summed E-state index contributed by atoms with van der Waals surface area (Å²) in [5, 5.41) is 7.45. The van der Waals surface area contributed by atoms with E-state index in [9.17, 15) is 13.2 Å². The number of hydrogen-bond donors (Lipinski definition) is 1. The number of nitrogens with one attached hydrogen (secondary N) is 1. The quantitative estimate of drug-likeness (QED) is 0.922. The van der Waals surface area contributed by atoms with Crippen LogP contribution in [0.5, 0.6) is 0 Å². The van der Waals surface area contributed by atoms with Crippen molar-refractivity contribution in [1.82, 2.24) is 9.78 Å². The Kier molecular flexibility index (Phi) is 4.39. The molecule has 2 rings (SSSR count). The smallest absolute Gasteiger partial charge is 0.228 e. The van der Waals surface area contributed by atoms with E-state index in [1.807, 2.05) is 40.7 Å². The van der Waals surface area contributed by atoms with Gasteiger partial charge in [0.1, 0.15) is 5.82 Å². The molecule has 1 saturated heterocycles. The van der Waals surface area contributed by atoms with Crippen molar-refractivity contribution in [2.45, 2.75) is 52.5 Å². The van der Waals surface area contributed by atoms with Crippen LogP contribution >= 0.6 is 0 Å². The summed E-state index contributed by atoms with van der Waals surface area (Å²) in [6.07, 6.45) is 0.540. The number of carbonyl (C=O) groups excluding carboxylic acids is 1. The lowest BCUT2D eigenvalue weighted by Gasteiger charge is -2.16. The fourth-order valence-electron chi connectivity index (χ4n) is 2.37.